The monoisotopic (exact) mass is 328 g/mol. The average molecular weight is 328 g/mol. The van der Waals surface area contributed by atoms with Crippen LogP contribution in [0.5, 0.6) is 0 Å². The van der Waals surface area contributed by atoms with E-state index >= 15 is 0 Å². The van der Waals surface area contributed by atoms with Crippen molar-refractivity contribution in [3.8, 4) is 0 Å². The van der Waals surface area contributed by atoms with E-state index in [1.807, 2.05) is 5.38 Å². The lowest BCUT2D eigenvalue weighted by Gasteiger charge is -2.11. The summed E-state index contributed by atoms with van der Waals surface area (Å²) in [6.45, 7) is 4.21. The number of nitrogens with one attached hydrogen (secondary N) is 1. The van der Waals surface area contributed by atoms with E-state index in [0.29, 0.717) is 24.0 Å². The Morgan fingerprint density at radius 3 is 3.00 bits per heavy atom. The van der Waals surface area contributed by atoms with Gasteiger partial charge in [-0.25, -0.2) is 4.98 Å². The molecule has 1 aliphatic carbocycles. The minimum Gasteiger partial charge on any atom is -0.466 e. The molecule has 1 amide bonds. The van der Waals surface area contributed by atoms with E-state index in [-0.39, 0.29) is 24.3 Å². The maximum Gasteiger partial charge on any atom is 0.311 e. The van der Waals surface area contributed by atoms with Crippen molar-refractivity contribution in [1.29, 1.82) is 0 Å². The van der Waals surface area contributed by atoms with Crippen molar-refractivity contribution in [3.05, 3.63) is 11.1 Å². The molecule has 1 atom stereocenters. The summed E-state index contributed by atoms with van der Waals surface area (Å²) in [5.41, 5.74) is 0.702. The summed E-state index contributed by atoms with van der Waals surface area (Å²) in [6.07, 6.45) is 2.63. The minimum absolute atomic E-state index is 0.0431. The number of esters is 1. The van der Waals surface area contributed by atoms with Gasteiger partial charge in [0, 0.05) is 11.4 Å². The molecular formula is C14H20N2O3S2. The van der Waals surface area contributed by atoms with Gasteiger partial charge in [-0.2, -0.15) is 0 Å². The van der Waals surface area contributed by atoms with E-state index < -0.39 is 0 Å². The molecule has 1 N–H and O–H groups in total. The highest BCUT2D eigenvalue weighted by Crippen LogP contribution is 2.32. The van der Waals surface area contributed by atoms with Crippen molar-refractivity contribution < 1.29 is 14.3 Å². The van der Waals surface area contributed by atoms with Crippen molar-refractivity contribution in [2.75, 3.05) is 12.4 Å². The number of rotatable bonds is 8. The Kier molecular flexibility index (Phi) is 6.05. The van der Waals surface area contributed by atoms with Gasteiger partial charge in [0.25, 0.3) is 0 Å². The zero-order valence-corrected chi connectivity index (χ0v) is 13.9. The Bertz CT molecular complexity index is 500. The van der Waals surface area contributed by atoms with Crippen LogP contribution in [0.2, 0.25) is 0 Å². The molecule has 0 aliphatic heterocycles. The number of thiazole rings is 1. The molecule has 0 radical (unpaired) electrons. The molecule has 0 bridgehead atoms. The van der Waals surface area contributed by atoms with E-state index in [4.69, 9.17) is 4.74 Å². The number of aromatic nitrogens is 1. The van der Waals surface area contributed by atoms with Crippen LogP contribution in [0.1, 0.15) is 32.4 Å². The van der Waals surface area contributed by atoms with E-state index in [1.165, 1.54) is 35.9 Å². The Morgan fingerprint density at radius 1 is 1.57 bits per heavy atom. The maximum absolute atomic E-state index is 11.8. The van der Waals surface area contributed by atoms with Gasteiger partial charge in [0.1, 0.15) is 0 Å². The summed E-state index contributed by atoms with van der Waals surface area (Å²) in [5, 5.41) is 4.85. The molecule has 1 aromatic rings. The maximum atomic E-state index is 11.8. The van der Waals surface area contributed by atoms with Gasteiger partial charge in [-0.05, 0) is 32.6 Å². The zero-order chi connectivity index (χ0) is 15.2. The molecule has 21 heavy (non-hydrogen) atoms. The van der Waals surface area contributed by atoms with Crippen LogP contribution in [0, 0.1) is 5.92 Å². The molecule has 1 aliphatic rings. The SMILES string of the molecule is CCOC(=O)Cc1csc(SCC(=O)N[C@@H](C)C2CC2)n1. The second kappa shape index (κ2) is 7.79. The molecule has 1 saturated carbocycles. The second-order valence-electron chi connectivity index (χ2n) is 5.07. The van der Waals surface area contributed by atoms with E-state index in [9.17, 15) is 9.59 Å². The van der Waals surface area contributed by atoms with E-state index in [2.05, 4.69) is 17.2 Å². The minimum atomic E-state index is -0.268. The molecule has 7 heteroatoms. The number of carbonyl (C=O) groups is 2. The Balaban J connectivity index is 1.71. The molecule has 116 valence electrons. The van der Waals surface area contributed by atoms with Crippen LogP contribution in [-0.2, 0) is 20.7 Å². The van der Waals surface area contributed by atoms with Crippen molar-refractivity contribution in [2.24, 2.45) is 5.92 Å². The number of amides is 1. The summed E-state index contributed by atoms with van der Waals surface area (Å²) in [4.78, 5) is 27.5. The number of carbonyl (C=O) groups excluding carboxylic acids is 2. The fourth-order valence-corrected chi connectivity index (χ4v) is 3.59. The normalized spacial score (nSPS) is 15.5. The van der Waals surface area contributed by atoms with Crippen molar-refractivity contribution >= 4 is 35.0 Å². The van der Waals surface area contributed by atoms with Gasteiger partial charge in [0.05, 0.1) is 24.5 Å². The van der Waals surface area contributed by atoms with Gasteiger partial charge in [-0.15, -0.1) is 11.3 Å². The summed E-state index contributed by atoms with van der Waals surface area (Å²) in [6, 6.07) is 0.272. The summed E-state index contributed by atoms with van der Waals surface area (Å²) >= 11 is 2.86. The molecule has 1 aromatic heterocycles. The first kappa shape index (κ1) is 16.3. The first-order valence-electron chi connectivity index (χ1n) is 7.10. The van der Waals surface area contributed by atoms with Crippen LogP contribution < -0.4 is 5.32 Å². The summed E-state index contributed by atoms with van der Waals surface area (Å²) in [7, 11) is 0. The molecule has 5 nitrogen and oxygen atoms in total. The number of nitrogens with zero attached hydrogens (tertiary/aromatic N) is 1. The van der Waals surface area contributed by atoms with Gasteiger partial charge in [0.2, 0.25) is 5.91 Å². The van der Waals surface area contributed by atoms with Crippen LogP contribution in [0.3, 0.4) is 0 Å². The standard InChI is InChI=1S/C14H20N2O3S2/c1-3-19-13(18)6-11-7-20-14(16-11)21-8-12(17)15-9(2)10-4-5-10/h7,9-10H,3-6,8H2,1-2H3,(H,15,17)/t9-/m0/s1. The highest BCUT2D eigenvalue weighted by atomic mass is 32.2. The third kappa shape index (κ3) is 5.67. The Morgan fingerprint density at radius 2 is 2.33 bits per heavy atom. The van der Waals surface area contributed by atoms with Crippen molar-refractivity contribution in [3.63, 3.8) is 0 Å². The molecular weight excluding hydrogens is 308 g/mol. The highest BCUT2D eigenvalue weighted by molar-refractivity contribution is 8.01. The largest absolute Gasteiger partial charge is 0.466 e. The third-order valence-corrected chi connectivity index (χ3v) is 5.28. The van der Waals surface area contributed by atoms with Crippen molar-refractivity contribution in [2.45, 2.75) is 43.5 Å². The lowest BCUT2D eigenvalue weighted by molar-refractivity contribution is -0.142. The predicted octanol–water partition coefficient (Wildman–Crippen LogP) is 2.26. The highest BCUT2D eigenvalue weighted by Gasteiger charge is 2.28. The van der Waals surface area contributed by atoms with Crippen LogP contribution in [0.25, 0.3) is 0 Å². The van der Waals surface area contributed by atoms with Crippen molar-refractivity contribution in [1.82, 2.24) is 10.3 Å². The van der Waals surface area contributed by atoms with Gasteiger partial charge >= 0.3 is 5.97 Å². The summed E-state index contributed by atoms with van der Waals surface area (Å²) < 4.78 is 5.69. The molecule has 1 fully saturated rings. The van der Waals surface area contributed by atoms with E-state index in [1.54, 1.807) is 6.92 Å². The molecule has 0 unspecified atom stereocenters. The molecule has 2 rings (SSSR count). The number of hydrogen-bond donors (Lipinski definition) is 1. The van der Waals surface area contributed by atoms with Crippen LogP contribution in [-0.4, -0.2) is 35.3 Å². The topological polar surface area (TPSA) is 68.3 Å². The Hall–Kier alpha value is -1.08. The van der Waals surface area contributed by atoms with Crippen LogP contribution in [0.4, 0.5) is 0 Å². The fourth-order valence-electron chi connectivity index (χ4n) is 1.93. The van der Waals surface area contributed by atoms with Crippen LogP contribution >= 0.6 is 23.1 Å². The smallest absolute Gasteiger partial charge is 0.311 e. The average Bonchev–Trinajstić information content (AvgIpc) is 3.19. The second-order valence-corrected chi connectivity index (χ2v) is 7.15. The number of hydrogen-bond acceptors (Lipinski definition) is 6. The molecule has 0 spiro atoms. The quantitative estimate of drug-likeness (QED) is 0.585. The number of thioether (sulfide) groups is 1. The van der Waals surface area contributed by atoms with Gasteiger partial charge in [0.15, 0.2) is 4.34 Å². The summed E-state index contributed by atoms with van der Waals surface area (Å²) in [5.74, 6) is 0.801. The van der Waals surface area contributed by atoms with E-state index in [0.717, 1.165) is 4.34 Å². The first-order valence-corrected chi connectivity index (χ1v) is 8.97. The third-order valence-electron chi connectivity index (χ3n) is 3.21. The number of ether oxygens (including phenoxy) is 1. The van der Waals surface area contributed by atoms with Gasteiger partial charge < -0.3 is 10.1 Å². The van der Waals surface area contributed by atoms with Crippen LogP contribution in [0.15, 0.2) is 9.72 Å². The molecule has 0 saturated heterocycles. The Labute approximate surface area is 132 Å². The first-order chi connectivity index (χ1) is 10.1. The zero-order valence-electron chi connectivity index (χ0n) is 12.3. The fraction of sp³-hybridized carbons (Fsp3) is 0.643. The van der Waals surface area contributed by atoms with Gasteiger partial charge in [-0.3, -0.25) is 9.59 Å². The molecule has 0 aromatic carbocycles. The van der Waals surface area contributed by atoms with Gasteiger partial charge in [-0.1, -0.05) is 11.8 Å². The lowest BCUT2D eigenvalue weighted by atomic mass is 10.2. The lowest BCUT2D eigenvalue weighted by Crippen LogP contribution is -2.35. The predicted molar refractivity (Wildman–Crippen MR) is 83.5 cm³/mol. The molecule has 1 heterocycles.